The standard InChI is InChI=1S/C16H8F10/c17-13(18,9-3-1-5-11(7-9)15(21,22)23)14(19,20)10-4-2-6-12(8-10)16(24,25)26/h1-8H. The summed E-state index contributed by atoms with van der Waals surface area (Å²) in [5, 5.41) is 0. The van der Waals surface area contributed by atoms with Crippen LogP contribution in [0.3, 0.4) is 0 Å². The molecule has 2 aromatic rings. The minimum Gasteiger partial charge on any atom is -0.194 e. The van der Waals surface area contributed by atoms with Crippen molar-refractivity contribution in [3.63, 3.8) is 0 Å². The van der Waals surface area contributed by atoms with Crippen molar-refractivity contribution in [3.05, 3.63) is 70.8 Å². The number of halogens is 10. The smallest absolute Gasteiger partial charge is 0.194 e. The highest BCUT2D eigenvalue weighted by Gasteiger charge is 2.59. The summed E-state index contributed by atoms with van der Waals surface area (Å²) in [6, 6.07) is 2.18. The number of alkyl halides is 10. The van der Waals surface area contributed by atoms with Gasteiger partial charge < -0.3 is 0 Å². The first-order valence-corrected chi connectivity index (χ1v) is 6.78. The summed E-state index contributed by atoms with van der Waals surface area (Å²) in [5.41, 5.74) is -6.52. The van der Waals surface area contributed by atoms with Crippen molar-refractivity contribution in [2.24, 2.45) is 0 Å². The van der Waals surface area contributed by atoms with Gasteiger partial charge in [-0.3, -0.25) is 0 Å². The first kappa shape index (κ1) is 20.1. The number of hydrogen-bond donors (Lipinski definition) is 0. The fraction of sp³-hybridized carbons (Fsp3) is 0.250. The van der Waals surface area contributed by atoms with Gasteiger partial charge in [0.25, 0.3) is 0 Å². The molecule has 0 aromatic heterocycles. The van der Waals surface area contributed by atoms with Crippen molar-refractivity contribution in [1.29, 1.82) is 0 Å². The average Bonchev–Trinajstić information content (AvgIpc) is 2.53. The maximum absolute atomic E-state index is 14.2. The molecule has 0 heterocycles. The number of benzene rings is 2. The van der Waals surface area contributed by atoms with Gasteiger partial charge in [0.2, 0.25) is 0 Å². The maximum atomic E-state index is 14.2. The third kappa shape index (κ3) is 3.63. The Morgan fingerprint density at radius 1 is 0.423 bits per heavy atom. The monoisotopic (exact) mass is 390 g/mol. The van der Waals surface area contributed by atoms with E-state index in [1.54, 1.807) is 0 Å². The fourth-order valence-electron chi connectivity index (χ4n) is 2.14. The van der Waals surface area contributed by atoms with Crippen molar-refractivity contribution in [2.75, 3.05) is 0 Å². The highest BCUT2D eigenvalue weighted by atomic mass is 19.4. The third-order valence-corrected chi connectivity index (χ3v) is 3.50. The second-order valence-corrected chi connectivity index (χ2v) is 5.31. The Hall–Kier alpha value is -2.26. The average molecular weight is 390 g/mol. The van der Waals surface area contributed by atoms with Gasteiger partial charge >= 0.3 is 24.2 Å². The van der Waals surface area contributed by atoms with E-state index in [1.165, 1.54) is 0 Å². The summed E-state index contributed by atoms with van der Waals surface area (Å²) in [7, 11) is 0. The molecular weight excluding hydrogens is 382 g/mol. The summed E-state index contributed by atoms with van der Waals surface area (Å²) in [6.45, 7) is 0. The molecule has 0 aliphatic rings. The number of hydrogen-bond acceptors (Lipinski definition) is 0. The lowest BCUT2D eigenvalue weighted by molar-refractivity contribution is -0.224. The predicted molar refractivity (Wildman–Crippen MR) is 70.7 cm³/mol. The third-order valence-electron chi connectivity index (χ3n) is 3.50. The molecule has 0 nitrogen and oxygen atoms in total. The van der Waals surface area contributed by atoms with Gasteiger partial charge in [0.1, 0.15) is 0 Å². The zero-order valence-electron chi connectivity index (χ0n) is 12.4. The molecule has 0 saturated carbocycles. The first-order chi connectivity index (χ1) is 11.7. The predicted octanol–water partition coefficient (Wildman–Crippen LogP) is 6.61. The second kappa shape index (κ2) is 6.17. The van der Waals surface area contributed by atoms with E-state index < -0.39 is 46.5 Å². The van der Waals surface area contributed by atoms with E-state index in [0.29, 0.717) is 36.4 Å². The van der Waals surface area contributed by atoms with E-state index in [-0.39, 0.29) is 12.1 Å². The van der Waals surface area contributed by atoms with Crippen LogP contribution in [0.2, 0.25) is 0 Å². The van der Waals surface area contributed by atoms with Crippen molar-refractivity contribution in [3.8, 4) is 0 Å². The van der Waals surface area contributed by atoms with E-state index in [9.17, 15) is 43.9 Å². The Morgan fingerprint density at radius 3 is 0.962 bits per heavy atom. The van der Waals surface area contributed by atoms with Gasteiger partial charge in [-0.15, -0.1) is 0 Å². The van der Waals surface area contributed by atoms with E-state index >= 15 is 0 Å². The molecule has 2 aromatic carbocycles. The molecule has 0 atom stereocenters. The highest BCUT2D eigenvalue weighted by Crippen LogP contribution is 2.50. The van der Waals surface area contributed by atoms with Crippen LogP contribution >= 0.6 is 0 Å². The van der Waals surface area contributed by atoms with Crippen molar-refractivity contribution in [1.82, 2.24) is 0 Å². The molecular formula is C16H8F10. The van der Waals surface area contributed by atoms with Gasteiger partial charge in [-0.05, 0) is 24.3 Å². The van der Waals surface area contributed by atoms with Gasteiger partial charge in [0.15, 0.2) is 0 Å². The Morgan fingerprint density at radius 2 is 0.692 bits per heavy atom. The first-order valence-electron chi connectivity index (χ1n) is 6.78. The van der Waals surface area contributed by atoms with E-state index in [2.05, 4.69) is 0 Å². The van der Waals surface area contributed by atoms with Gasteiger partial charge in [0, 0.05) is 11.1 Å². The van der Waals surface area contributed by atoms with E-state index in [0.717, 1.165) is 0 Å². The highest BCUT2D eigenvalue weighted by molar-refractivity contribution is 5.35. The van der Waals surface area contributed by atoms with Crippen LogP contribution in [-0.4, -0.2) is 0 Å². The molecule has 0 saturated heterocycles. The summed E-state index contributed by atoms with van der Waals surface area (Å²) < 4.78 is 132. The Labute approximate surface area is 140 Å². The summed E-state index contributed by atoms with van der Waals surface area (Å²) in [6.07, 6.45) is -10.1. The van der Waals surface area contributed by atoms with E-state index in [1.807, 2.05) is 0 Å². The largest absolute Gasteiger partial charge is 0.416 e. The number of rotatable bonds is 3. The minimum atomic E-state index is -5.18. The van der Waals surface area contributed by atoms with Gasteiger partial charge in [-0.25, -0.2) is 0 Å². The van der Waals surface area contributed by atoms with Crippen molar-refractivity contribution >= 4 is 0 Å². The molecule has 0 N–H and O–H groups in total. The molecule has 0 amide bonds. The Kier molecular flexibility index (Phi) is 4.76. The lowest BCUT2D eigenvalue weighted by Gasteiger charge is -2.28. The maximum Gasteiger partial charge on any atom is 0.416 e. The van der Waals surface area contributed by atoms with E-state index in [4.69, 9.17) is 0 Å². The van der Waals surface area contributed by atoms with Crippen LogP contribution in [0.4, 0.5) is 43.9 Å². The van der Waals surface area contributed by atoms with Crippen LogP contribution < -0.4 is 0 Å². The van der Waals surface area contributed by atoms with Crippen molar-refractivity contribution in [2.45, 2.75) is 24.2 Å². The normalized spacial score (nSPS) is 13.8. The van der Waals surface area contributed by atoms with Crippen LogP contribution in [0.15, 0.2) is 48.5 Å². The molecule has 2 rings (SSSR count). The molecule has 0 unspecified atom stereocenters. The minimum absolute atomic E-state index is 0.165. The zero-order valence-corrected chi connectivity index (χ0v) is 12.4. The lowest BCUT2D eigenvalue weighted by Crippen LogP contribution is -2.36. The second-order valence-electron chi connectivity index (χ2n) is 5.31. The molecule has 0 aliphatic carbocycles. The molecule has 0 spiro atoms. The molecule has 0 fully saturated rings. The molecule has 142 valence electrons. The summed E-state index contributed by atoms with van der Waals surface area (Å²) >= 11 is 0. The van der Waals surface area contributed by atoms with Crippen LogP contribution in [0, 0.1) is 0 Å². The summed E-state index contributed by atoms with van der Waals surface area (Å²) in [4.78, 5) is 0. The Bertz CT molecular complexity index is 719. The molecule has 0 bridgehead atoms. The topological polar surface area (TPSA) is 0 Å². The SMILES string of the molecule is FC(F)(F)c1cccc(C(F)(F)C(F)(F)c2cccc(C(F)(F)F)c2)c1. The fourth-order valence-corrected chi connectivity index (χ4v) is 2.14. The molecule has 26 heavy (non-hydrogen) atoms. The van der Waals surface area contributed by atoms with Crippen molar-refractivity contribution < 1.29 is 43.9 Å². The molecule has 10 heteroatoms. The quantitative estimate of drug-likeness (QED) is 0.518. The van der Waals surface area contributed by atoms with Gasteiger partial charge in [-0.2, -0.15) is 43.9 Å². The van der Waals surface area contributed by atoms with Gasteiger partial charge in [-0.1, -0.05) is 24.3 Å². The summed E-state index contributed by atoms with van der Waals surface area (Å²) in [5.74, 6) is -10.4. The van der Waals surface area contributed by atoms with Gasteiger partial charge in [0.05, 0.1) is 11.1 Å². The lowest BCUT2D eigenvalue weighted by atomic mass is 9.94. The van der Waals surface area contributed by atoms with Crippen LogP contribution in [-0.2, 0) is 24.2 Å². The Balaban J connectivity index is 2.54. The molecule has 0 aliphatic heterocycles. The zero-order chi connectivity index (χ0) is 20.0. The molecule has 0 radical (unpaired) electrons. The van der Waals surface area contributed by atoms with Crippen LogP contribution in [0.1, 0.15) is 22.3 Å². The van der Waals surface area contributed by atoms with Crippen LogP contribution in [0.5, 0.6) is 0 Å². The van der Waals surface area contributed by atoms with Crippen LogP contribution in [0.25, 0.3) is 0 Å².